The molecule has 0 spiro atoms. The van der Waals surface area contributed by atoms with Crippen LogP contribution in [0.15, 0.2) is 29.1 Å². The van der Waals surface area contributed by atoms with Crippen LogP contribution in [-0.2, 0) is 6.42 Å². The van der Waals surface area contributed by atoms with Gasteiger partial charge in [-0.2, -0.15) is 0 Å². The highest BCUT2D eigenvalue weighted by molar-refractivity contribution is 7.07. The van der Waals surface area contributed by atoms with Crippen molar-refractivity contribution in [3.05, 3.63) is 51.5 Å². The molecule has 0 saturated carbocycles. The maximum atomic E-state index is 12.2. The summed E-state index contributed by atoms with van der Waals surface area (Å²) in [6.45, 7) is 2.80. The average Bonchev–Trinajstić information content (AvgIpc) is 2.98. The highest BCUT2D eigenvalue weighted by atomic mass is 32.1. The molecule has 2 rings (SSSR count). The van der Waals surface area contributed by atoms with Gasteiger partial charge in [-0.25, -0.2) is 4.98 Å². The minimum absolute atomic E-state index is 0.119. The molecular formula is C16H17N3OS. The molecule has 1 heterocycles. The normalized spacial score (nSPS) is 9.81. The fourth-order valence-corrected chi connectivity index (χ4v) is 2.46. The summed E-state index contributed by atoms with van der Waals surface area (Å²) in [6.07, 6.45) is 0.727. The van der Waals surface area contributed by atoms with Gasteiger partial charge in [0, 0.05) is 23.9 Å². The lowest BCUT2D eigenvalue weighted by Crippen LogP contribution is -2.26. The summed E-state index contributed by atoms with van der Waals surface area (Å²) in [4.78, 5) is 16.4. The van der Waals surface area contributed by atoms with Crippen molar-refractivity contribution in [3.8, 4) is 11.8 Å². The fourth-order valence-electron chi connectivity index (χ4n) is 1.87. The number of rotatable bonds is 4. The van der Waals surface area contributed by atoms with E-state index >= 15 is 0 Å². The molecule has 1 amide bonds. The van der Waals surface area contributed by atoms with Crippen LogP contribution in [0.25, 0.3) is 0 Å². The molecule has 1 aromatic carbocycles. The van der Waals surface area contributed by atoms with E-state index in [1.165, 1.54) is 0 Å². The van der Waals surface area contributed by atoms with Crippen molar-refractivity contribution >= 4 is 17.2 Å². The maximum absolute atomic E-state index is 12.2. The van der Waals surface area contributed by atoms with Gasteiger partial charge in [0.1, 0.15) is 0 Å². The zero-order valence-electron chi connectivity index (χ0n) is 11.8. The lowest BCUT2D eigenvalue weighted by atomic mass is 10.0. The second-order valence-electron chi connectivity index (χ2n) is 4.54. The Morgan fingerprint density at radius 1 is 1.48 bits per heavy atom. The van der Waals surface area contributed by atoms with Gasteiger partial charge < -0.3 is 11.1 Å². The number of thiazole rings is 1. The van der Waals surface area contributed by atoms with Crippen LogP contribution in [0.5, 0.6) is 0 Å². The molecule has 0 unspecified atom stereocenters. The second kappa shape index (κ2) is 7.58. The number of carbonyl (C=O) groups excluding carboxylic acids is 1. The Hall–Kier alpha value is -2.16. The first-order chi connectivity index (χ1) is 10.2. The van der Waals surface area contributed by atoms with E-state index in [2.05, 4.69) is 22.1 Å². The van der Waals surface area contributed by atoms with Crippen LogP contribution >= 0.6 is 11.3 Å². The third kappa shape index (κ3) is 4.42. The van der Waals surface area contributed by atoms with Gasteiger partial charge in [0.2, 0.25) is 0 Å². The lowest BCUT2D eigenvalue weighted by Gasteiger charge is -2.07. The summed E-state index contributed by atoms with van der Waals surface area (Å²) in [5.41, 5.74) is 10.5. The Balaban J connectivity index is 2.04. The van der Waals surface area contributed by atoms with E-state index in [0.29, 0.717) is 17.7 Å². The predicted octanol–water partition coefficient (Wildman–Crippen LogP) is 1.73. The summed E-state index contributed by atoms with van der Waals surface area (Å²) >= 11 is 1.55. The van der Waals surface area contributed by atoms with Gasteiger partial charge in [0.05, 0.1) is 23.3 Å². The van der Waals surface area contributed by atoms with Gasteiger partial charge >= 0.3 is 0 Å². The van der Waals surface area contributed by atoms with E-state index in [1.807, 2.05) is 24.4 Å². The number of aromatic nitrogens is 1. The molecule has 0 aliphatic heterocycles. The summed E-state index contributed by atoms with van der Waals surface area (Å²) in [7, 11) is 0. The van der Waals surface area contributed by atoms with Crippen LogP contribution in [0.4, 0.5) is 0 Å². The smallest absolute Gasteiger partial charge is 0.252 e. The summed E-state index contributed by atoms with van der Waals surface area (Å²) in [5.74, 6) is 5.63. The molecule has 108 valence electrons. The Labute approximate surface area is 128 Å². The van der Waals surface area contributed by atoms with Crippen molar-refractivity contribution in [2.45, 2.75) is 13.3 Å². The van der Waals surface area contributed by atoms with Crippen LogP contribution in [0.2, 0.25) is 0 Å². The number of aryl methyl sites for hydroxylation is 1. The van der Waals surface area contributed by atoms with Gasteiger partial charge in [-0.3, -0.25) is 4.79 Å². The topological polar surface area (TPSA) is 68.0 Å². The van der Waals surface area contributed by atoms with E-state index in [4.69, 9.17) is 5.73 Å². The highest BCUT2D eigenvalue weighted by Crippen LogP contribution is 2.11. The molecule has 1 aromatic heterocycles. The van der Waals surface area contributed by atoms with Crippen LogP contribution in [0.3, 0.4) is 0 Å². The Bertz CT molecular complexity index is 669. The molecule has 0 atom stereocenters. The minimum atomic E-state index is -0.119. The molecule has 2 aromatic rings. The number of benzene rings is 1. The van der Waals surface area contributed by atoms with Crippen LogP contribution in [0, 0.1) is 18.8 Å². The van der Waals surface area contributed by atoms with E-state index < -0.39 is 0 Å². The second-order valence-corrected chi connectivity index (χ2v) is 5.26. The molecule has 0 aliphatic carbocycles. The van der Waals surface area contributed by atoms with Crippen molar-refractivity contribution in [2.75, 3.05) is 13.1 Å². The molecule has 3 N–H and O–H groups in total. The van der Waals surface area contributed by atoms with Crippen LogP contribution in [-0.4, -0.2) is 24.0 Å². The molecule has 0 radical (unpaired) electrons. The molecule has 0 fully saturated rings. The van der Waals surface area contributed by atoms with E-state index in [1.54, 1.807) is 22.9 Å². The lowest BCUT2D eigenvalue weighted by molar-refractivity contribution is 0.0954. The van der Waals surface area contributed by atoms with Crippen LogP contribution < -0.4 is 11.1 Å². The fraction of sp³-hybridized carbons (Fsp3) is 0.250. The highest BCUT2D eigenvalue weighted by Gasteiger charge is 2.10. The number of nitrogens with one attached hydrogen (secondary N) is 1. The Kier molecular flexibility index (Phi) is 5.50. The van der Waals surface area contributed by atoms with E-state index in [-0.39, 0.29) is 12.5 Å². The number of hydrogen-bond donors (Lipinski definition) is 2. The van der Waals surface area contributed by atoms with Gasteiger partial charge in [-0.15, -0.1) is 11.3 Å². The van der Waals surface area contributed by atoms with Gasteiger partial charge in [0.15, 0.2) is 0 Å². The number of nitrogens with two attached hydrogens (primary N) is 1. The van der Waals surface area contributed by atoms with E-state index in [0.717, 1.165) is 17.7 Å². The third-order valence-corrected chi connectivity index (χ3v) is 3.53. The molecule has 0 bridgehead atoms. The third-order valence-electron chi connectivity index (χ3n) is 2.89. The number of amides is 1. The standard InChI is InChI=1S/C16H17N3OS/c1-12-4-5-15(13(9-12)3-2-7-17)16(20)18-8-6-14-10-21-11-19-14/h4-5,9-11H,6-8,17H2,1H3,(H,18,20). The molecule has 21 heavy (non-hydrogen) atoms. The number of hydrogen-bond acceptors (Lipinski definition) is 4. The zero-order valence-corrected chi connectivity index (χ0v) is 12.7. The van der Waals surface area contributed by atoms with Gasteiger partial charge in [-0.1, -0.05) is 17.9 Å². The largest absolute Gasteiger partial charge is 0.352 e. The molecule has 0 aliphatic rings. The monoisotopic (exact) mass is 299 g/mol. The van der Waals surface area contributed by atoms with Crippen LogP contribution in [0.1, 0.15) is 27.2 Å². The van der Waals surface area contributed by atoms with Crippen molar-refractivity contribution < 1.29 is 4.79 Å². The van der Waals surface area contributed by atoms with Crippen molar-refractivity contribution in [1.82, 2.24) is 10.3 Å². The number of carbonyl (C=O) groups is 1. The average molecular weight is 299 g/mol. The Morgan fingerprint density at radius 2 is 2.33 bits per heavy atom. The van der Waals surface area contributed by atoms with Crippen molar-refractivity contribution in [1.29, 1.82) is 0 Å². The molecule has 0 saturated heterocycles. The maximum Gasteiger partial charge on any atom is 0.252 e. The molecule has 4 nitrogen and oxygen atoms in total. The Morgan fingerprint density at radius 3 is 3.05 bits per heavy atom. The van der Waals surface area contributed by atoms with Gasteiger partial charge in [-0.05, 0) is 24.6 Å². The molecule has 5 heteroatoms. The first kappa shape index (κ1) is 15.2. The summed E-state index contributed by atoms with van der Waals surface area (Å²) in [5, 5.41) is 4.88. The van der Waals surface area contributed by atoms with E-state index in [9.17, 15) is 4.79 Å². The molecular weight excluding hydrogens is 282 g/mol. The minimum Gasteiger partial charge on any atom is -0.352 e. The van der Waals surface area contributed by atoms with Crippen molar-refractivity contribution in [3.63, 3.8) is 0 Å². The summed E-state index contributed by atoms with van der Waals surface area (Å²) < 4.78 is 0. The van der Waals surface area contributed by atoms with Crippen molar-refractivity contribution in [2.24, 2.45) is 5.73 Å². The number of nitrogens with zero attached hydrogens (tertiary/aromatic N) is 1. The predicted molar refractivity (Wildman–Crippen MR) is 85.3 cm³/mol. The van der Waals surface area contributed by atoms with Gasteiger partial charge in [0.25, 0.3) is 5.91 Å². The quantitative estimate of drug-likeness (QED) is 0.845. The first-order valence-corrected chi connectivity index (χ1v) is 7.60. The summed E-state index contributed by atoms with van der Waals surface area (Å²) in [6, 6.07) is 5.61. The zero-order chi connectivity index (χ0) is 15.1. The SMILES string of the molecule is Cc1ccc(C(=O)NCCc2cscn2)c(C#CCN)c1. The first-order valence-electron chi connectivity index (χ1n) is 6.65.